The van der Waals surface area contributed by atoms with Crippen LogP contribution in [-0.2, 0) is 6.54 Å². The lowest BCUT2D eigenvalue weighted by molar-refractivity contribution is 0.280. The van der Waals surface area contributed by atoms with E-state index in [1.54, 1.807) is 23.0 Å². The third-order valence-electron chi connectivity index (χ3n) is 5.67. The molecule has 0 spiro atoms. The van der Waals surface area contributed by atoms with E-state index < -0.39 is 0 Å². The molecular weight excluding hydrogens is 408 g/mol. The quantitative estimate of drug-likeness (QED) is 0.647. The van der Waals surface area contributed by atoms with Crippen LogP contribution >= 0.6 is 23.8 Å². The minimum atomic E-state index is 0.0724. The summed E-state index contributed by atoms with van der Waals surface area (Å²) in [6.45, 7) is 2.25. The van der Waals surface area contributed by atoms with Crippen LogP contribution in [-0.4, -0.2) is 37.6 Å². The highest BCUT2D eigenvalue weighted by molar-refractivity contribution is 7.80. The molecule has 2 aromatic heterocycles. The molecule has 2 unspecified atom stereocenters. The van der Waals surface area contributed by atoms with Gasteiger partial charge in [-0.3, -0.25) is 4.79 Å². The molecule has 5 rings (SSSR count). The van der Waals surface area contributed by atoms with Crippen molar-refractivity contribution in [3.8, 4) is 5.69 Å². The Hall–Kier alpha value is -2.71. The molecule has 9 heteroatoms. The fraction of sp³-hybridized carbons (Fsp3) is 0.300. The summed E-state index contributed by atoms with van der Waals surface area (Å²) >= 11 is 11.2. The molecule has 3 aromatic rings. The molecule has 148 valence electrons. The topological polar surface area (TPSA) is 82.0 Å². The lowest BCUT2D eigenvalue weighted by atomic mass is 9.83. The molecule has 0 amide bonds. The average Bonchev–Trinajstić information content (AvgIpc) is 3.15. The predicted octanol–water partition coefficient (Wildman–Crippen LogP) is 2.34. The Labute approximate surface area is 177 Å². The first-order valence-corrected chi connectivity index (χ1v) is 10.3. The summed E-state index contributed by atoms with van der Waals surface area (Å²) in [5.41, 5.74) is 8.43. The highest BCUT2D eigenvalue weighted by Gasteiger charge is 2.36. The minimum absolute atomic E-state index is 0.0724. The largest absolute Gasteiger partial charge is 0.388 e. The fourth-order valence-corrected chi connectivity index (χ4v) is 4.69. The van der Waals surface area contributed by atoms with Gasteiger partial charge in [0.2, 0.25) is 0 Å². The zero-order valence-corrected chi connectivity index (χ0v) is 17.1. The first-order valence-electron chi connectivity index (χ1n) is 9.47. The van der Waals surface area contributed by atoms with Crippen LogP contribution in [0.1, 0.15) is 23.7 Å². The van der Waals surface area contributed by atoms with Crippen molar-refractivity contribution in [3.63, 3.8) is 0 Å². The number of aromatic nitrogens is 4. The van der Waals surface area contributed by atoms with E-state index in [1.807, 2.05) is 28.8 Å². The maximum absolute atomic E-state index is 12.3. The smallest absolute Gasteiger partial charge is 0.250 e. The van der Waals surface area contributed by atoms with E-state index in [9.17, 15) is 4.79 Å². The summed E-state index contributed by atoms with van der Waals surface area (Å²) in [4.78, 5) is 16.2. The number of anilines is 1. The van der Waals surface area contributed by atoms with Crippen LogP contribution < -0.4 is 16.2 Å². The predicted molar refractivity (Wildman–Crippen MR) is 116 cm³/mol. The maximum atomic E-state index is 12.3. The summed E-state index contributed by atoms with van der Waals surface area (Å²) in [6.07, 6.45) is 1.06. The van der Waals surface area contributed by atoms with Gasteiger partial charge in [-0.25, -0.2) is 0 Å². The maximum Gasteiger partial charge on any atom is 0.250 e. The van der Waals surface area contributed by atoms with Gasteiger partial charge in [-0.15, -0.1) is 15.0 Å². The van der Waals surface area contributed by atoms with Gasteiger partial charge in [-0.05, 0) is 42.7 Å². The number of halogens is 1. The Morgan fingerprint density at radius 3 is 2.66 bits per heavy atom. The fourth-order valence-electron chi connectivity index (χ4n) is 4.43. The Kier molecular flexibility index (Phi) is 4.40. The van der Waals surface area contributed by atoms with Gasteiger partial charge >= 0.3 is 0 Å². The number of rotatable bonds is 3. The number of fused-ring (bicyclic) bond motifs is 4. The lowest BCUT2D eigenvalue weighted by Gasteiger charge is -2.42. The van der Waals surface area contributed by atoms with Crippen LogP contribution in [0.3, 0.4) is 0 Å². The molecule has 0 saturated carbocycles. The van der Waals surface area contributed by atoms with Gasteiger partial charge in [0.15, 0.2) is 11.5 Å². The van der Waals surface area contributed by atoms with Crippen molar-refractivity contribution in [1.29, 1.82) is 0 Å². The van der Waals surface area contributed by atoms with Crippen molar-refractivity contribution in [2.75, 3.05) is 18.0 Å². The second-order valence-corrected chi connectivity index (χ2v) is 8.48. The zero-order chi connectivity index (χ0) is 20.1. The van der Waals surface area contributed by atoms with Crippen LogP contribution in [0.2, 0.25) is 5.02 Å². The highest BCUT2D eigenvalue weighted by Crippen LogP contribution is 2.37. The third kappa shape index (κ3) is 3.22. The molecule has 29 heavy (non-hydrogen) atoms. The van der Waals surface area contributed by atoms with E-state index in [4.69, 9.17) is 34.7 Å². The van der Waals surface area contributed by atoms with E-state index in [-0.39, 0.29) is 16.5 Å². The molecule has 7 nitrogen and oxygen atoms in total. The van der Waals surface area contributed by atoms with Crippen molar-refractivity contribution in [3.05, 3.63) is 69.2 Å². The van der Waals surface area contributed by atoms with Gasteiger partial charge in [0.05, 0.1) is 5.69 Å². The minimum Gasteiger partial charge on any atom is -0.388 e. The van der Waals surface area contributed by atoms with Crippen LogP contribution in [0.25, 0.3) is 5.69 Å². The summed E-state index contributed by atoms with van der Waals surface area (Å²) in [6, 6.07) is 12.8. The standard InChI is InChI=1S/C20H19ClN6OS/c21-14-4-6-15(7-5-14)27-23-18(19(22)29)20(24-27)25-9-12-8-13(11-25)16-2-1-3-17(28)26(16)10-12/h1-7,12-13H,8-11H2,(H2,22,29). The van der Waals surface area contributed by atoms with Gasteiger partial charge in [-0.2, -0.15) is 0 Å². The van der Waals surface area contributed by atoms with Gasteiger partial charge < -0.3 is 15.2 Å². The Morgan fingerprint density at radius 2 is 1.90 bits per heavy atom. The van der Waals surface area contributed by atoms with Crippen molar-refractivity contribution >= 4 is 34.6 Å². The van der Waals surface area contributed by atoms with Gasteiger partial charge in [-0.1, -0.05) is 29.9 Å². The summed E-state index contributed by atoms with van der Waals surface area (Å²) < 4.78 is 1.91. The van der Waals surface area contributed by atoms with E-state index in [0.29, 0.717) is 22.5 Å². The van der Waals surface area contributed by atoms with Crippen LogP contribution in [0, 0.1) is 5.92 Å². The average molecular weight is 427 g/mol. The Bertz CT molecular complexity index is 1150. The zero-order valence-electron chi connectivity index (χ0n) is 15.5. The number of nitrogens with two attached hydrogens (primary N) is 1. The monoisotopic (exact) mass is 426 g/mol. The molecule has 2 aliphatic rings. The molecule has 2 atom stereocenters. The van der Waals surface area contributed by atoms with Crippen molar-refractivity contribution in [2.45, 2.75) is 18.9 Å². The molecule has 1 fully saturated rings. The molecule has 2 aliphatic heterocycles. The first kappa shape index (κ1) is 18.3. The van der Waals surface area contributed by atoms with E-state index in [2.05, 4.69) is 10.00 Å². The van der Waals surface area contributed by atoms with Crippen LogP contribution in [0.5, 0.6) is 0 Å². The molecule has 2 N–H and O–H groups in total. The molecule has 0 radical (unpaired) electrons. The van der Waals surface area contributed by atoms with Gasteiger partial charge in [0.25, 0.3) is 5.56 Å². The van der Waals surface area contributed by atoms with Crippen molar-refractivity contribution < 1.29 is 0 Å². The summed E-state index contributed by atoms with van der Waals surface area (Å²) in [5, 5.41) is 9.89. The normalized spacial score (nSPS) is 20.4. The van der Waals surface area contributed by atoms with E-state index >= 15 is 0 Å². The van der Waals surface area contributed by atoms with Gasteiger partial charge in [0.1, 0.15) is 4.99 Å². The summed E-state index contributed by atoms with van der Waals surface area (Å²) in [7, 11) is 0. The first-order chi connectivity index (χ1) is 14.0. The SMILES string of the molecule is NC(=S)c1nn(-c2ccc(Cl)cc2)nc1N1CC2CC(C1)c1cccc(=O)n1C2. The second-order valence-electron chi connectivity index (χ2n) is 7.61. The molecule has 4 heterocycles. The Morgan fingerprint density at radius 1 is 1.10 bits per heavy atom. The molecular formula is C20H19ClN6OS. The number of hydrogen-bond acceptors (Lipinski definition) is 5. The number of benzene rings is 1. The second kappa shape index (κ2) is 6.96. The van der Waals surface area contributed by atoms with Crippen LogP contribution in [0.15, 0.2) is 47.3 Å². The summed E-state index contributed by atoms with van der Waals surface area (Å²) in [5.74, 6) is 1.31. The molecule has 1 aromatic carbocycles. The molecule has 2 bridgehead atoms. The number of nitrogens with zero attached hydrogens (tertiary/aromatic N) is 5. The lowest BCUT2D eigenvalue weighted by Crippen LogP contribution is -2.47. The third-order valence-corrected chi connectivity index (χ3v) is 6.11. The number of hydrogen-bond donors (Lipinski definition) is 1. The number of pyridine rings is 1. The van der Waals surface area contributed by atoms with Gasteiger partial charge in [0, 0.05) is 42.3 Å². The van der Waals surface area contributed by atoms with Crippen LogP contribution in [0.4, 0.5) is 5.82 Å². The van der Waals surface area contributed by atoms with E-state index in [1.165, 1.54) is 0 Å². The van der Waals surface area contributed by atoms with Crippen molar-refractivity contribution in [1.82, 2.24) is 19.6 Å². The number of thiocarbonyl (C=S) groups is 1. The Balaban J connectivity index is 1.52. The molecule has 1 saturated heterocycles. The van der Waals surface area contributed by atoms with E-state index in [0.717, 1.165) is 37.4 Å². The molecule has 0 aliphatic carbocycles. The number of piperidine rings is 1. The highest BCUT2D eigenvalue weighted by atomic mass is 35.5. The van der Waals surface area contributed by atoms with Crippen molar-refractivity contribution in [2.24, 2.45) is 11.7 Å².